The van der Waals surface area contributed by atoms with Gasteiger partial charge < -0.3 is 9.15 Å². The molecule has 0 saturated carbocycles. The Hall–Kier alpha value is -1.91. The van der Waals surface area contributed by atoms with Crippen LogP contribution >= 0.6 is 11.6 Å². The highest BCUT2D eigenvalue weighted by Gasteiger charge is 2.06. The molecule has 0 bridgehead atoms. The van der Waals surface area contributed by atoms with E-state index in [1.807, 2.05) is 25.1 Å². The van der Waals surface area contributed by atoms with E-state index in [0.29, 0.717) is 30.5 Å². The molecule has 21 heavy (non-hydrogen) atoms. The Morgan fingerprint density at radius 2 is 2.10 bits per heavy atom. The van der Waals surface area contributed by atoms with Crippen LogP contribution in [0.5, 0.6) is 0 Å². The Bertz CT molecular complexity index is 755. The molecule has 1 aromatic carbocycles. The lowest BCUT2D eigenvalue weighted by molar-refractivity contribution is 0.113. The van der Waals surface area contributed by atoms with Crippen molar-refractivity contribution in [3.8, 4) is 0 Å². The lowest BCUT2D eigenvalue weighted by atomic mass is 10.1. The summed E-state index contributed by atoms with van der Waals surface area (Å²) in [6, 6.07) is 8.00. The molecule has 0 N–H and O–H groups in total. The molecule has 0 aliphatic carbocycles. The molecular formula is C16H15ClN2O2. The number of ether oxygens (including phenoxy) is 1. The van der Waals surface area contributed by atoms with Gasteiger partial charge in [-0.15, -0.1) is 0 Å². The van der Waals surface area contributed by atoms with Gasteiger partial charge in [-0.3, -0.25) is 4.98 Å². The number of benzene rings is 1. The zero-order valence-electron chi connectivity index (χ0n) is 11.7. The third-order valence-corrected chi connectivity index (χ3v) is 3.33. The van der Waals surface area contributed by atoms with Crippen LogP contribution in [0.15, 0.2) is 41.1 Å². The van der Waals surface area contributed by atoms with Gasteiger partial charge in [0.05, 0.1) is 16.7 Å². The van der Waals surface area contributed by atoms with E-state index in [2.05, 4.69) is 16.0 Å². The minimum absolute atomic E-state index is 0.410. The van der Waals surface area contributed by atoms with Crippen LogP contribution in [0, 0.1) is 0 Å². The third kappa shape index (κ3) is 3.40. The van der Waals surface area contributed by atoms with E-state index in [0.717, 1.165) is 22.2 Å². The Balaban J connectivity index is 1.79. The number of oxazole rings is 1. The average Bonchev–Trinajstić information content (AvgIpc) is 2.92. The Labute approximate surface area is 127 Å². The van der Waals surface area contributed by atoms with Crippen LogP contribution in [0.2, 0.25) is 5.02 Å². The second-order valence-electron chi connectivity index (χ2n) is 4.71. The number of rotatable bonds is 5. The minimum Gasteiger partial charge on any atom is -0.443 e. The van der Waals surface area contributed by atoms with Gasteiger partial charge in [-0.05, 0) is 30.7 Å². The Morgan fingerprint density at radius 1 is 1.19 bits per heavy atom. The molecule has 0 aliphatic heterocycles. The maximum atomic E-state index is 5.98. The number of hydrogen-bond donors (Lipinski definition) is 0. The number of hydrogen-bond acceptors (Lipinski definition) is 4. The van der Waals surface area contributed by atoms with E-state index in [-0.39, 0.29) is 0 Å². The van der Waals surface area contributed by atoms with Crippen LogP contribution in [0.4, 0.5) is 0 Å². The molecule has 0 radical (unpaired) electrons. The van der Waals surface area contributed by atoms with Crippen molar-refractivity contribution in [1.29, 1.82) is 0 Å². The Morgan fingerprint density at radius 3 is 2.95 bits per heavy atom. The van der Waals surface area contributed by atoms with Crippen molar-refractivity contribution < 1.29 is 9.15 Å². The number of fused-ring (bicyclic) bond motifs is 1. The van der Waals surface area contributed by atoms with Gasteiger partial charge in [0.15, 0.2) is 0 Å². The summed E-state index contributed by atoms with van der Waals surface area (Å²) >= 11 is 5.98. The van der Waals surface area contributed by atoms with Crippen LogP contribution in [0.25, 0.3) is 10.9 Å². The van der Waals surface area contributed by atoms with Crippen molar-refractivity contribution in [2.75, 3.05) is 6.61 Å². The van der Waals surface area contributed by atoms with Gasteiger partial charge in [0.1, 0.15) is 12.4 Å². The maximum Gasteiger partial charge on any atom is 0.220 e. The summed E-state index contributed by atoms with van der Waals surface area (Å²) in [6.07, 6.45) is 4.08. The van der Waals surface area contributed by atoms with E-state index in [4.69, 9.17) is 20.8 Å². The summed E-state index contributed by atoms with van der Waals surface area (Å²) in [6.45, 7) is 3.00. The molecule has 2 heterocycles. The largest absolute Gasteiger partial charge is 0.443 e. The van der Waals surface area contributed by atoms with E-state index in [1.54, 1.807) is 12.4 Å². The fourth-order valence-electron chi connectivity index (χ4n) is 2.15. The lowest BCUT2D eigenvalue weighted by Gasteiger charge is -2.02. The van der Waals surface area contributed by atoms with Crippen molar-refractivity contribution in [2.45, 2.75) is 20.0 Å². The van der Waals surface area contributed by atoms with Crippen LogP contribution in [0.3, 0.4) is 0 Å². The molecule has 0 saturated heterocycles. The molecule has 0 unspecified atom stereocenters. The summed E-state index contributed by atoms with van der Waals surface area (Å²) in [5.74, 6) is 1.43. The number of nitrogens with zero attached hydrogens (tertiary/aromatic N) is 2. The van der Waals surface area contributed by atoms with Gasteiger partial charge in [-0.25, -0.2) is 4.98 Å². The SMILES string of the molecule is CCOCc1ncc(Cc2ccc3ncc(Cl)cc3c2)o1. The van der Waals surface area contributed by atoms with Gasteiger partial charge >= 0.3 is 0 Å². The van der Waals surface area contributed by atoms with E-state index >= 15 is 0 Å². The first kappa shape index (κ1) is 14.0. The minimum atomic E-state index is 0.410. The second-order valence-corrected chi connectivity index (χ2v) is 5.15. The monoisotopic (exact) mass is 302 g/mol. The first-order chi connectivity index (χ1) is 10.2. The molecule has 0 fully saturated rings. The third-order valence-electron chi connectivity index (χ3n) is 3.12. The molecule has 3 aromatic rings. The highest BCUT2D eigenvalue weighted by atomic mass is 35.5. The van der Waals surface area contributed by atoms with Crippen molar-refractivity contribution in [1.82, 2.24) is 9.97 Å². The van der Waals surface area contributed by atoms with Gasteiger partial charge in [-0.2, -0.15) is 0 Å². The number of pyridine rings is 1. The summed E-state index contributed by atoms with van der Waals surface area (Å²) < 4.78 is 10.9. The molecular weight excluding hydrogens is 288 g/mol. The van der Waals surface area contributed by atoms with Crippen LogP contribution in [0.1, 0.15) is 24.1 Å². The van der Waals surface area contributed by atoms with Crippen molar-refractivity contribution in [3.63, 3.8) is 0 Å². The van der Waals surface area contributed by atoms with Crippen molar-refractivity contribution in [2.24, 2.45) is 0 Å². The zero-order chi connectivity index (χ0) is 14.7. The normalized spacial score (nSPS) is 11.1. The molecule has 3 rings (SSSR count). The lowest BCUT2D eigenvalue weighted by Crippen LogP contribution is -1.91. The van der Waals surface area contributed by atoms with Gasteiger partial charge in [0, 0.05) is 24.6 Å². The zero-order valence-corrected chi connectivity index (χ0v) is 12.4. The fourth-order valence-corrected chi connectivity index (χ4v) is 2.32. The Kier molecular flexibility index (Phi) is 4.18. The average molecular weight is 303 g/mol. The molecule has 0 spiro atoms. The number of aromatic nitrogens is 2. The van der Waals surface area contributed by atoms with Crippen molar-refractivity contribution >= 4 is 22.5 Å². The second kappa shape index (κ2) is 6.24. The fraction of sp³-hybridized carbons (Fsp3) is 0.250. The first-order valence-electron chi connectivity index (χ1n) is 6.80. The quantitative estimate of drug-likeness (QED) is 0.714. The van der Waals surface area contributed by atoms with E-state index in [1.165, 1.54) is 0 Å². The molecule has 2 aromatic heterocycles. The van der Waals surface area contributed by atoms with Crippen molar-refractivity contribution in [3.05, 3.63) is 58.9 Å². The highest BCUT2D eigenvalue weighted by molar-refractivity contribution is 6.31. The predicted octanol–water partition coefficient (Wildman–Crippen LogP) is 4.00. The molecule has 0 amide bonds. The van der Waals surface area contributed by atoms with Gasteiger partial charge in [0.25, 0.3) is 0 Å². The summed E-state index contributed by atoms with van der Waals surface area (Å²) in [5.41, 5.74) is 2.06. The molecule has 0 aliphatic rings. The smallest absolute Gasteiger partial charge is 0.220 e. The first-order valence-corrected chi connectivity index (χ1v) is 7.18. The summed E-state index contributed by atoms with van der Waals surface area (Å²) in [5, 5.41) is 1.66. The highest BCUT2D eigenvalue weighted by Crippen LogP contribution is 2.20. The molecule has 4 nitrogen and oxygen atoms in total. The standard InChI is InChI=1S/C16H15ClN2O2/c1-2-20-10-16-19-9-14(21-16)6-11-3-4-15-12(5-11)7-13(17)8-18-15/h3-5,7-9H,2,6,10H2,1H3. The van der Waals surface area contributed by atoms with Crippen LogP contribution in [-0.4, -0.2) is 16.6 Å². The van der Waals surface area contributed by atoms with Gasteiger partial charge in [0.2, 0.25) is 5.89 Å². The van der Waals surface area contributed by atoms with Gasteiger partial charge in [-0.1, -0.05) is 17.7 Å². The van der Waals surface area contributed by atoms with Crippen LogP contribution < -0.4 is 0 Å². The predicted molar refractivity (Wildman–Crippen MR) is 81.4 cm³/mol. The molecule has 0 atom stereocenters. The van der Waals surface area contributed by atoms with Crippen LogP contribution in [-0.2, 0) is 17.8 Å². The summed E-state index contributed by atoms with van der Waals surface area (Å²) in [4.78, 5) is 8.48. The van der Waals surface area contributed by atoms with E-state index in [9.17, 15) is 0 Å². The molecule has 5 heteroatoms. The molecule has 108 valence electrons. The number of halogens is 1. The topological polar surface area (TPSA) is 48.2 Å². The maximum absolute atomic E-state index is 5.98. The summed E-state index contributed by atoms with van der Waals surface area (Å²) in [7, 11) is 0. The van der Waals surface area contributed by atoms with E-state index < -0.39 is 0 Å².